The van der Waals surface area contributed by atoms with Crippen LogP contribution in [-0.4, -0.2) is 52.1 Å². The van der Waals surface area contributed by atoms with Crippen LogP contribution in [-0.2, 0) is 4.74 Å². The van der Waals surface area contributed by atoms with Gasteiger partial charge in [-0.25, -0.2) is 9.97 Å². The molecule has 3 rings (SSSR count). The predicted molar refractivity (Wildman–Crippen MR) is 87.0 cm³/mol. The van der Waals surface area contributed by atoms with E-state index in [4.69, 9.17) is 4.74 Å². The van der Waals surface area contributed by atoms with Gasteiger partial charge < -0.3 is 9.64 Å². The largest absolute Gasteiger partial charge is 0.378 e. The maximum Gasteiger partial charge on any atom is 0.355 e. The smallest absolute Gasteiger partial charge is 0.355 e. The molecule has 1 amide bonds. The number of pyridine rings is 1. The first-order valence-corrected chi connectivity index (χ1v) is 7.45. The highest BCUT2D eigenvalue weighted by atomic mass is 16.6. The molecule has 1 fully saturated rings. The average molecular weight is 345 g/mol. The summed E-state index contributed by atoms with van der Waals surface area (Å²) in [6, 6.07) is 3.18. The number of nitrogens with one attached hydrogen (secondary N) is 2. The third-order valence-electron chi connectivity index (χ3n) is 3.51. The highest BCUT2D eigenvalue weighted by Gasteiger charge is 2.28. The summed E-state index contributed by atoms with van der Waals surface area (Å²) in [7, 11) is 0. The van der Waals surface area contributed by atoms with Crippen molar-refractivity contribution in [1.82, 2.24) is 20.4 Å². The second-order valence-corrected chi connectivity index (χ2v) is 5.07. The van der Waals surface area contributed by atoms with Gasteiger partial charge in [0.05, 0.1) is 23.7 Å². The summed E-state index contributed by atoms with van der Waals surface area (Å²) in [4.78, 5) is 36.4. The third kappa shape index (κ3) is 3.77. The molecular weight excluding hydrogens is 330 g/mol. The topological polar surface area (TPSA) is 135 Å². The van der Waals surface area contributed by atoms with E-state index in [9.17, 15) is 14.9 Å². The number of ether oxygens (including phenoxy) is 1. The first kappa shape index (κ1) is 16.5. The number of morpholine rings is 1. The fourth-order valence-electron chi connectivity index (χ4n) is 2.32. The maximum absolute atomic E-state index is 12.0. The molecule has 0 unspecified atom stereocenters. The molecule has 0 saturated carbocycles. The van der Waals surface area contributed by atoms with E-state index in [2.05, 4.69) is 25.8 Å². The number of carbonyl (C=O) groups excluding carboxylic acids is 1. The molecule has 11 nitrogen and oxygen atoms in total. The molecule has 0 spiro atoms. The second-order valence-electron chi connectivity index (χ2n) is 5.07. The zero-order chi connectivity index (χ0) is 17.6. The van der Waals surface area contributed by atoms with Crippen LogP contribution in [0, 0.1) is 10.1 Å². The van der Waals surface area contributed by atoms with Gasteiger partial charge in [0, 0.05) is 25.5 Å². The highest BCUT2D eigenvalue weighted by Crippen LogP contribution is 2.31. The number of nitro groups is 1. The molecule has 130 valence electrons. The summed E-state index contributed by atoms with van der Waals surface area (Å²) >= 11 is 0. The average Bonchev–Trinajstić information content (AvgIpc) is 2.67. The molecule has 0 aromatic carbocycles. The van der Waals surface area contributed by atoms with Crippen molar-refractivity contribution in [2.45, 2.75) is 0 Å². The van der Waals surface area contributed by atoms with Gasteiger partial charge in [0.1, 0.15) is 6.33 Å². The minimum atomic E-state index is -0.580. The van der Waals surface area contributed by atoms with E-state index in [1.54, 1.807) is 17.0 Å². The van der Waals surface area contributed by atoms with Crippen LogP contribution in [0.3, 0.4) is 0 Å². The van der Waals surface area contributed by atoms with E-state index in [0.717, 1.165) is 0 Å². The van der Waals surface area contributed by atoms with Crippen LogP contribution in [0.25, 0.3) is 0 Å². The predicted octanol–water partition coefficient (Wildman–Crippen LogP) is 0.373. The van der Waals surface area contributed by atoms with Crippen LogP contribution in [0.1, 0.15) is 10.4 Å². The Bertz CT molecular complexity index is 765. The Hall–Kier alpha value is -3.34. The number of rotatable bonds is 5. The number of aromatic nitrogens is 3. The normalized spacial score (nSPS) is 14.0. The number of carbonyl (C=O) groups is 1. The molecule has 25 heavy (non-hydrogen) atoms. The Morgan fingerprint density at radius 2 is 2.12 bits per heavy atom. The van der Waals surface area contributed by atoms with Crippen LogP contribution in [0.5, 0.6) is 0 Å². The molecule has 2 aromatic rings. The summed E-state index contributed by atoms with van der Waals surface area (Å²) in [5.41, 5.74) is 4.86. The van der Waals surface area contributed by atoms with Crippen molar-refractivity contribution < 1.29 is 14.5 Å². The minimum Gasteiger partial charge on any atom is -0.378 e. The van der Waals surface area contributed by atoms with Crippen LogP contribution >= 0.6 is 0 Å². The molecule has 3 heterocycles. The van der Waals surface area contributed by atoms with Crippen molar-refractivity contribution in [3.63, 3.8) is 0 Å². The maximum atomic E-state index is 12.0. The Kier molecular flexibility index (Phi) is 4.95. The van der Waals surface area contributed by atoms with E-state index in [0.29, 0.717) is 31.9 Å². The van der Waals surface area contributed by atoms with Gasteiger partial charge in [-0.15, -0.1) is 0 Å². The van der Waals surface area contributed by atoms with Gasteiger partial charge in [0.2, 0.25) is 11.6 Å². The van der Waals surface area contributed by atoms with E-state index in [1.165, 1.54) is 18.7 Å². The van der Waals surface area contributed by atoms with Crippen LogP contribution in [0.2, 0.25) is 0 Å². The van der Waals surface area contributed by atoms with Gasteiger partial charge in [-0.3, -0.25) is 30.7 Å². The standard InChI is InChI=1S/C14H15N7O4/c22-14(10-2-1-3-15-8-10)19-18-12-11(21(23)24)13(17-9-16-12)20-4-6-25-7-5-20/h1-3,8-9H,4-7H2,(H,19,22)(H,16,17,18). The molecular formula is C14H15N7O4. The first-order chi connectivity index (χ1) is 12.2. The quantitative estimate of drug-likeness (QED) is 0.582. The van der Waals surface area contributed by atoms with Crippen molar-refractivity contribution in [2.24, 2.45) is 0 Å². The van der Waals surface area contributed by atoms with Gasteiger partial charge >= 0.3 is 5.69 Å². The van der Waals surface area contributed by atoms with Crippen LogP contribution in [0.4, 0.5) is 17.3 Å². The van der Waals surface area contributed by atoms with Gasteiger partial charge in [0.15, 0.2) is 0 Å². The molecule has 0 aliphatic carbocycles. The molecule has 11 heteroatoms. The van der Waals surface area contributed by atoms with Crippen molar-refractivity contribution in [1.29, 1.82) is 0 Å². The Balaban J connectivity index is 1.81. The SMILES string of the molecule is O=C(NNc1ncnc(N2CCOCC2)c1[N+](=O)[O-])c1cccnc1. The summed E-state index contributed by atoms with van der Waals surface area (Å²) in [6.07, 6.45) is 4.12. The van der Waals surface area contributed by atoms with E-state index in [1.807, 2.05) is 0 Å². The summed E-state index contributed by atoms with van der Waals surface area (Å²) < 4.78 is 5.25. The van der Waals surface area contributed by atoms with E-state index < -0.39 is 10.8 Å². The lowest BCUT2D eigenvalue weighted by molar-refractivity contribution is -0.383. The first-order valence-electron chi connectivity index (χ1n) is 7.45. The monoisotopic (exact) mass is 345 g/mol. The molecule has 1 saturated heterocycles. The molecule has 2 aromatic heterocycles. The van der Waals surface area contributed by atoms with Crippen molar-refractivity contribution in [2.75, 3.05) is 36.6 Å². The number of hydrogen-bond donors (Lipinski definition) is 2. The molecule has 0 radical (unpaired) electrons. The van der Waals surface area contributed by atoms with Gasteiger partial charge in [-0.05, 0) is 12.1 Å². The zero-order valence-electron chi connectivity index (χ0n) is 13.1. The molecule has 0 bridgehead atoms. The van der Waals surface area contributed by atoms with Crippen LogP contribution in [0.15, 0.2) is 30.9 Å². The van der Waals surface area contributed by atoms with Gasteiger partial charge in [-0.2, -0.15) is 0 Å². The van der Waals surface area contributed by atoms with Crippen molar-refractivity contribution >= 4 is 23.2 Å². The zero-order valence-corrected chi connectivity index (χ0v) is 13.1. The Morgan fingerprint density at radius 3 is 2.80 bits per heavy atom. The summed E-state index contributed by atoms with van der Waals surface area (Å²) in [5.74, 6) is -0.408. The fourth-order valence-corrected chi connectivity index (χ4v) is 2.32. The van der Waals surface area contributed by atoms with Crippen molar-refractivity contribution in [3.8, 4) is 0 Å². The number of hydrogen-bond acceptors (Lipinski definition) is 9. The number of hydrazine groups is 1. The number of nitrogens with zero attached hydrogens (tertiary/aromatic N) is 5. The molecule has 2 N–H and O–H groups in total. The molecule has 1 aliphatic rings. The minimum absolute atomic E-state index is 0.0984. The molecule has 0 atom stereocenters. The lowest BCUT2D eigenvalue weighted by Gasteiger charge is -2.27. The lowest BCUT2D eigenvalue weighted by atomic mass is 10.3. The lowest BCUT2D eigenvalue weighted by Crippen LogP contribution is -2.37. The van der Waals surface area contributed by atoms with Crippen molar-refractivity contribution in [3.05, 3.63) is 46.5 Å². The Labute approximate surface area is 142 Å². The highest BCUT2D eigenvalue weighted by molar-refractivity contribution is 5.94. The van der Waals surface area contributed by atoms with E-state index >= 15 is 0 Å². The molecule has 1 aliphatic heterocycles. The fraction of sp³-hybridized carbons (Fsp3) is 0.286. The Morgan fingerprint density at radius 1 is 1.32 bits per heavy atom. The van der Waals surface area contributed by atoms with Gasteiger partial charge in [0.25, 0.3) is 5.91 Å². The second kappa shape index (κ2) is 7.49. The van der Waals surface area contributed by atoms with Crippen LogP contribution < -0.4 is 15.8 Å². The summed E-state index contributed by atoms with van der Waals surface area (Å²) in [6.45, 7) is 1.89. The van der Waals surface area contributed by atoms with Gasteiger partial charge in [-0.1, -0.05) is 0 Å². The van der Waals surface area contributed by atoms with E-state index in [-0.39, 0.29) is 17.3 Å². The number of amides is 1. The third-order valence-corrected chi connectivity index (χ3v) is 3.51. The summed E-state index contributed by atoms with van der Waals surface area (Å²) in [5, 5.41) is 11.5. The number of anilines is 2.